The second-order valence-corrected chi connectivity index (χ2v) is 5.31. The third-order valence-corrected chi connectivity index (χ3v) is 3.06. The minimum atomic E-state index is -1.02. The predicted octanol–water partition coefficient (Wildman–Crippen LogP) is 0.583. The molecular formula is C16H26O8. The molecule has 0 heterocycles. The Morgan fingerprint density at radius 3 is 1.46 bits per heavy atom. The molecule has 0 saturated carbocycles. The van der Waals surface area contributed by atoms with Crippen LogP contribution in [0.3, 0.4) is 0 Å². The number of carboxylic acid groups (broad SMARTS) is 2. The van der Waals surface area contributed by atoms with Crippen molar-refractivity contribution in [2.75, 3.05) is 26.4 Å². The molecule has 24 heavy (non-hydrogen) atoms. The molecule has 0 saturated heterocycles. The van der Waals surface area contributed by atoms with Gasteiger partial charge in [0.05, 0.1) is 38.6 Å². The van der Waals surface area contributed by atoms with Gasteiger partial charge in [0.15, 0.2) is 0 Å². The molecule has 0 aliphatic carbocycles. The number of hydrogen-bond acceptors (Lipinski definition) is 6. The fourth-order valence-electron chi connectivity index (χ4n) is 1.49. The largest absolute Gasteiger partial charge is 0.478 e. The Balaban J connectivity index is 3.70. The van der Waals surface area contributed by atoms with Crippen molar-refractivity contribution in [2.24, 2.45) is 0 Å². The van der Waals surface area contributed by atoms with Gasteiger partial charge in [-0.15, -0.1) is 0 Å². The molecule has 4 N–H and O–H groups in total. The monoisotopic (exact) mass is 346 g/mol. The summed E-state index contributed by atoms with van der Waals surface area (Å²) in [7, 11) is 0. The summed E-state index contributed by atoms with van der Waals surface area (Å²) in [5.74, 6) is -2.05. The zero-order chi connectivity index (χ0) is 18.5. The molecule has 0 amide bonds. The fraction of sp³-hybridized carbons (Fsp3) is 0.625. The zero-order valence-electron chi connectivity index (χ0n) is 14.0. The number of aliphatic hydroxyl groups excluding tert-OH is 2. The summed E-state index contributed by atoms with van der Waals surface area (Å²) >= 11 is 0. The number of carboxylic acids is 2. The molecule has 138 valence electrons. The Morgan fingerprint density at radius 1 is 0.833 bits per heavy atom. The van der Waals surface area contributed by atoms with E-state index < -0.39 is 24.1 Å². The third-order valence-electron chi connectivity index (χ3n) is 3.06. The highest BCUT2D eigenvalue weighted by Crippen LogP contribution is 2.02. The molecule has 0 rings (SSSR count). The first-order valence-electron chi connectivity index (χ1n) is 7.55. The lowest BCUT2D eigenvalue weighted by Crippen LogP contribution is -2.19. The van der Waals surface area contributed by atoms with E-state index in [1.165, 1.54) is 26.0 Å². The van der Waals surface area contributed by atoms with Crippen LogP contribution in [0.25, 0.3) is 0 Å². The summed E-state index contributed by atoms with van der Waals surface area (Å²) < 4.78 is 10.4. The first-order chi connectivity index (χ1) is 11.2. The van der Waals surface area contributed by atoms with Gasteiger partial charge in [0, 0.05) is 11.1 Å². The molecule has 8 nitrogen and oxygen atoms in total. The van der Waals surface area contributed by atoms with Crippen LogP contribution < -0.4 is 0 Å². The summed E-state index contributed by atoms with van der Waals surface area (Å²) in [5, 5.41) is 36.5. The average Bonchev–Trinajstić information content (AvgIpc) is 2.52. The lowest BCUT2D eigenvalue weighted by molar-refractivity contribution is -0.133. The summed E-state index contributed by atoms with van der Waals surface area (Å²) in [6.45, 7) is 3.43. The summed E-state index contributed by atoms with van der Waals surface area (Å²) in [6.07, 6.45) is 1.63. The van der Waals surface area contributed by atoms with E-state index in [2.05, 4.69) is 0 Å². The molecule has 0 fully saturated rings. The number of aliphatic hydroxyl groups is 2. The van der Waals surface area contributed by atoms with Crippen molar-refractivity contribution in [3.8, 4) is 0 Å². The van der Waals surface area contributed by atoms with Crippen molar-refractivity contribution < 1.29 is 39.5 Å². The van der Waals surface area contributed by atoms with Crippen LogP contribution in [0, 0.1) is 0 Å². The smallest absolute Gasteiger partial charge is 0.330 e. The van der Waals surface area contributed by atoms with Crippen LogP contribution in [0.2, 0.25) is 0 Å². The number of aliphatic carboxylic acids is 2. The van der Waals surface area contributed by atoms with E-state index in [4.69, 9.17) is 19.7 Å². The van der Waals surface area contributed by atoms with E-state index in [0.717, 1.165) is 0 Å². The molecule has 0 aliphatic rings. The maximum Gasteiger partial charge on any atom is 0.330 e. The quantitative estimate of drug-likeness (QED) is 0.281. The lowest BCUT2D eigenvalue weighted by Gasteiger charge is -2.11. The van der Waals surface area contributed by atoms with Gasteiger partial charge >= 0.3 is 11.9 Å². The topological polar surface area (TPSA) is 134 Å². The van der Waals surface area contributed by atoms with Crippen molar-refractivity contribution in [2.45, 2.75) is 38.9 Å². The molecule has 0 aromatic rings. The molecule has 0 aliphatic heterocycles. The second kappa shape index (κ2) is 12.7. The summed E-state index contributed by atoms with van der Waals surface area (Å²) in [6, 6.07) is 0. The van der Waals surface area contributed by atoms with Gasteiger partial charge in [-0.1, -0.05) is 12.2 Å². The fourth-order valence-corrected chi connectivity index (χ4v) is 1.49. The molecular weight excluding hydrogens is 320 g/mol. The lowest BCUT2D eigenvalue weighted by atomic mass is 10.2. The van der Waals surface area contributed by atoms with E-state index in [0.29, 0.717) is 0 Å². The standard InChI is InChI=1S/C16H26O8/c1-11(15(19)20)3-5-13(17)9-23-7-8-24-10-14(18)6-4-12(2)16(21)22/h3-4,13-14,17-18H,5-10H2,1-2H3,(H,19,20)(H,21,22)/b11-3+,12-4+. The Hall–Kier alpha value is -1.74. The minimum absolute atomic E-state index is 0.0514. The van der Waals surface area contributed by atoms with E-state index in [-0.39, 0.29) is 50.4 Å². The second-order valence-electron chi connectivity index (χ2n) is 5.31. The SMILES string of the molecule is C/C(=C\CC(O)COCCOCC(O)C/C=C(\C)C(=O)O)C(=O)O. The molecule has 0 aromatic carbocycles. The molecule has 8 heteroatoms. The highest BCUT2D eigenvalue weighted by Gasteiger charge is 2.07. The zero-order valence-corrected chi connectivity index (χ0v) is 14.0. The molecule has 0 aromatic heterocycles. The number of hydrogen-bond donors (Lipinski definition) is 4. The first kappa shape index (κ1) is 22.3. The van der Waals surface area contributed by atoms with Gasteiger partial charge in [-0.3, -0.25) is 0 Å². The summed E-state index contributed by atoms with van der Waals surface area (Å²) in [4.78, 5) is 21.1. The van der Waals surface area contributed by atoms with Crippen molar-refractivity contribution in [1.29, 1.82) is 0 Å². The number of rotatable bonds is 13. The molecule has 2 atom stereocenters. The van der Waals surface area contributed by atoms with Crippen molar-refractivity contribution in [1.82, 2.24) is 0 Å². The van der Waals surface area contributed by atoms with Gasteiger partial charge in [-0.25, -0.2) is 9.59 Å². The van der Waals surface area contributed by atoms with Gasteiger partial charge in [0.1, 0.15) is 0 Å². The van der Waals surface area contributed by atoms with E-state index >= 15 is 0 Å². The maximum absolute atomic E-state index is 10.6. The third kappa shape index (κ3) is 11.8. The van der Waals surface area contributed by atoms with Crippen LogP contribution in [0.1, 0.15) is 26.7 Å². The highest BCUT2D eigenvalue weighted by atomic mass is 16.5. The Morgan fingerprint density at radius 2 is 1.17 bits per heavy atom. The van der Waals surface area contributed by atoms with Crippen LogP contribution in [-0.2, 0) is 19.1 Å². The number of carbonyl (C=O) groups is 2. The number of ether oxygens (including phenoxy) is 2. The van der Waals surface area contributed by atoms with E-state index in [1.807, 2.05) is 0 Å². The minimum Gasteiger partial charge on any atom is -0.478 e. The van der Waals surface area contributed by atoms with Crippen LogP contribution in [0.4, 0.5) is 0 Å². The Kier molecular flexibility index (Phi) is 11.7. The van der Waals surface area contributed by atoms with E-state index in [1.54, 1.807) is 0 Å². The van der Waals surface area contributed by atoms with Crippen molar-refractivity contribution in [3.05, 3.63) is 23.3 Å². The maximum atomic E-state index is 10.6. The molecule has 0 radical (unpaired) electrons. The van der Waals surface area contributed by atoms with Gasteiger partial charge in [-0.2, -0.15) is 0 Å². The molecule has 2 unspecified atom stereocenters. The Bertz CT molecular complexity index is 413. The summed E-state index contributed by atoms with van der Waals surface area (Å²) in [5.41, 5.74) is 0.331. The normalized spacial score (nSPS) is 15.2. The van der Waals surface area contributed by atoms with Gasteiger partial charge in [0.25, 0.3) is 0 Å². The first-order valence-corrected chi connectivity index (χ1v) is 7.55. The van der Waals surface area contributed by atoms with Crippen LogP contribution in [0.15, 0.2) is 23.3 Å². The van der Waals surface area contributed by atoms with E-state index in [9.17, 15) is 19.8 Å². The molecule has 0 spiro atoms. The van der Waals surface area contributed by atoms with Crippen molar-refractivity contribution in [3.63, 3.8) is 0 Å². The highest BCUT2D eigenvalue weighted by molar-refractivity contribution is 5.86. The Labute approximate surface area is 141 Å². The van der Waals surface area contributed by atoms with Crippen LogP contribution >= 0.6 is 0 Å². The van der Waals surface area contributed by atoms with Gasteiger partial charge < -0.3 is 29.9 Å². The van der Waals surface area contributed by atoms with Crippen molar-refractivity contribution >= 4 is 11.9 Å². The van der Waals surface area contributed by atoms with Gasteiger partial charge in [-0.05, 0) is 26.7 Å². The van der Waals surface area contributed by atoms with Crippen LogP contribution in [0.5, 0.6) is 0 Å². The average molecular weight is 346 g/mol. The van der Waals surface area contributed by atoms with Crippen LogP contribution in [-0.4, -0.2) is 71.0 Å². The van der Waals surface area contributed by atoms with Gasteiger partial charge in [0.2, 0.25) is 0 Å². The molecule has 0 bridgehead atoms. The predicted molar refractivity (Wildman–Crippen MR) is 85.7 cm³/mol.